The predicted octanol–water partition coefficient (Wildman–Crippen LogP) is -0.0602. The lowest BCUT2D eigenvalue weighted by Gasteiger charge is -2.17. The summed E-state index contributed by atoms with van der Waals surface area (Å²) in [5.41, 5.74) is 2.95. The predicted molar refractivity (Wildman–Crippen MR) is 89.6 cm³/mol. The number of rotatable bonds is 5. The van der Waals surface area contributed by atoms with Crippen molar-refractivity contribution in [2.45, 2.75) is 6.61 Å². The number of hydrazine groups is 1. The number of benzene rings is 1. The molecule has 134 valence electrons. The molecule has 9 heteroatoms. The Morgan fingerprint density at radius 3 is 2.69 bits per heavy atom. The third-order valence-electron chi connectivity index (χ3n) is 3.75. The lowest BCUT2D eigenvalue weighted by Crippen LogP contribution is -2.45. The lowest BCUT2D eigenvalue weighted by molar-refractivity contribution is -0.149. The summed E-state index contributed by atoms with van der Waals surface area (Å²) in [6.45, 7) is 0.762. The standard InChI is InChI=1S/C17H16N4O5/c22-14-8-13(15(23)20-21-7-6-18-17(21)25)19-9-12(14)16(24)26-10-11-4-2-1-3-5-11/h1-5,8-9,12H,6-7,10H2,(H,18,25)(H,20,23). The van der Waals surface area contributed by atoms with Crippen LogP contribution in [-0.4, -0.2) is 48.0 Å². The zero-order valence-electron chi connectivity index (χ0n) is 13.7. The van der Waals surface area contributed by atoms with Gasteiger partial charge in [-0.2, -0.15) is 0 Å². The molecule has 1 aromatic carbocycles. The van der Waals surface area contributed by atoms with E-state index < -0.39 is 29.6 Å². The topological polar surface area (TPSA) is 117 Å². The number of nitrogens with zero attached hydrogens (tertiary/aromatic N) is 2. The molecule has 2 heterocycles. The van der Waals surface area contributed by atoms with Crippen molar-refractivity contribution in [2.24, 2.45) is 10.9 Å². The van der Waals surface area contributed by atoms with E-state index in [-0.39, 0.29) is 12.3 Å². The highest BCUT2D eigenvalue weighted by Crippen LogP contribution is 2.13. The van der Waals surface area contributed by atoms with Gasteiger partial charge >= 0.3 is 12.0 Å². The number of aliphatic imine (C=N–C) groups is 1. The zero-order valence-corrected chi connectivity index (χ0v) is 13.7. The van der Waals surface area contributed by atoms with Gasteiger partial charge in [-0.3, -0.25) is 24.8 Å². The average molecular weight is 356 g/mol. The van der Waals surface area contributed by atoms with Crippen molar-refractivity contribution in [2.75, 3.05) is 13.1 Å². The van der Waals surface area contributed by atoms with Crippen molar-refractivity contribution in [3.8, 4) is 0 Å². The van der Waals surface area contributed by atoms with Crippen LogP contribution in [0.4, 0.5) is 4.79 Å². The number of hydrogen-bond donors (Lipinski definition) is 2. The number of urea groups is 1. The van der Waals surface area contributed by atoms with E-state index in [0.29, 0.717) is 13.1 Å². The fourth-order valence-electron chi connectivity index (χ4n) is 2.37. The number of carbonyl (C=O) groups is 4. The number of carbonyl (C=O) groups excluding carboxylic acids is 4. The van der Waals surface area contributed by atoms with Crippen LogP contribution in [0.5, 0.6) is 0 Å². The molecule has 3 amide bonds. The molecule has 26 heavy (non-hydrogen) atoms. The molecule has 0 saturated carbocycles. The van der Waals surface area contributed by atoms with Gasteiger partial charge in [-0.15, -0.1) is 0 Å². The Bertz CT molecular complexity index is 803. The Kier molecular flexibility index (Phi) is 5.07. The summed E-state index contributed by atoms with van der Waals surface area (Å²) < 4.78 is 5.11. The van der Waals surface area contributed by atoms with Gasteiger partial charge in [0.1, 0.15) is 12.3 Å². The van der Waals surface area contributed by atoms with Crippen LogP contribution in [0, 0.1) is 5.92 Å². The van der Waals surface area contributed by atoms with Crippen molar-refractivity contribution in [3.05, 3.63) is 47.7 Å². The Hall–Kier alpha value is -3.49. The molecule has 2 aliphatic heterocycles. The summed E-state index contributed by atoms with van der Waals surface area (Å²) in [4.78, 5) is 51.5. The highest BCUT2D eigenvalue weighted by molar-refractivity contribution is 6.20. The molecular formula is C17H16N4O5. The van der Waals surface area contributed by atoms with Crippen molar-refractivity contribution < 1.29 is 23.9 Å². The van der Waals surface area contributed by atoms with E-state index >= 15 is 0 Å². The Labute approximate surface area is 148 Å². The highest BCUT2D eigenvalue weighted by atomic mass is 16.5. The van der Waals surface area contributed by atoms with Gasteiger partial charge in [-0.1, -0.05) is 30.3 Å². The van der Waals surface area contributed by atoms with Crippen molar-refractivity contribution in [3.63, 3.8) is 0 Å². The van der Waals surface area contributed by atoms with Crippen LogP contribution in [0.2, 0.25) is 0 Å². The van der Waals surface area contributed by atoms with E-state index in [1.54, 1.807) is 12.1 Å². The average Bonchev–Trinajstić information content (AvgIpc) is 3.05. The van der Waals surface area contributed by atoms with Crippen molar-refractivity contribution in [1.82, 2.24) is 15.8 Å². The minimum Gasteiger partial charge on any atom is -0.460 e. The number of allylic oxidation sites excluding steroid dienone is 1. The third-order valence-corrected chi connectivity index (χ3v) is 3.75. The number of amides is 3. The molecule has 1 aromatic rings. The summed E-state index contributed by atoms with van der Waals surface area (Å²) in [5.74, 6) is -3.24. The van der Waals surface area contributed by atoms with Crippen LogP contribution < -0.4 is 10.7 Å². The number of ketones is 1. The van der Waals surface area contributed by atoms with Crippen molar-refractivity contribution >= 4 is 29.9 Å². The normalized spacial score (nSPS) is 19.0. The first-order chi connectivity index (χ1) is 12.5. The van der Waals surface area contributed by atoms with E-state index in [4.69, 9.17) is 4.74 Å². The SMILES string of the molecule is O=C(NN1CCNC1=O)C1=CC(=O)C(C(=O)OCc2ccccc2)C=N1. The summed E-state index contributed by atoms with van der Waals surface area (Å²) in [6, 6.07) is 8.61. The zero-order chi connectivity index (χ0) is 18.5. The van der Waals surface area contributed by atoms with Gasteiger partial charge in [-0.25, -0.2) is 9.80 Å². The van der Waals surface area contributed by atoms with Gasteiger partial charge < -0.3 is 10.1 Å². The molecule has 3 rings (SSSR count). The molecule has 1 atom stereocenters. The first-order valence-electron chi connectivity index (χ1n) is 7.91. The van der Waals surface area contributed by atoms with Gasteiger partial charge in [0.25, 0.3) is 5.91 Å². The largest absolute Gasteiger partial charge is 0.460 e. The lowest BCUT2D eigenvalue weighted by atomic mass is 10.0. The van der Waals surface area contributed by atoms with E-state index in [1.165, 1.54) is 0 Å². The maximum atomic E-state index is 12.1. The summed E-state index contributed by atoms with van der Waals surface area (Å²) >= 11 is 0. The van der Waals surface area contributed by atoms with Gasteiger partial charge in [0, 0.05) is 18.8 Å². The molecule has 1 saturated heterocycles. The Morgan fingerprint density at radius 1 is 1.27 bits per heavy atom. The molecule has 2 N–H and O–H groups in total. The molecule has 0 bridgehead atoms. The van der Waals surface area contributed by atoms with Crippen LogP contribution in [0.15, 0.2) is 47.1 Å². The molecule has 1 unspecified atom stereocenters. The molecule has 2 aliphatic rings. The van der Waals surface area contributed by atoms with Gasteiger partial charge in [0.2, 0.25) is 0 Å². The molecule has 0 aromatic heterocycles. The van der Waals surface area contributed by atoms with Gasteiger partial charge in [-0.05, 0) is 5.56 Å². The maximum Gasteiger partial charge on any atom is 0.336 e. The van der Waals surface area contributed by atoms with E-state index in [2.05, 4.69) is 15.7 Å². The van der Waals surface area contributed by atoms with Crippen LogP contribution in [0.1, 0.15) is 5.56 Å². The minimum absolute atomic E-state index is 0.0401. The number of ether oxygens (including phenoxy) is 1. The quantitative estimate of drug-likeness (QED) is 0.566. The summed E-state index contributed by atoms with van der Waals surface area (Å²) in [7, 11) is 0. The summed E-state index contributed by atoms with van der Waals surface area (Å²) in [5, 5.41) is 3.61. The third kappa shape index (κ3) is 3.94. The van der Waals surface area contributed by atoms with E-state index in [0.717, 1.165) is 22.9 Å². The first kappa shape index (κ1) is 17.3. The molecule has 9 nitrogen and oxygen atoms in total. The van der Waals surface area contributed by atoms with Gasteiger partial charge in [0.15, 0.2) is 11.7 Å². The van der Waals surface area contributed by atoms with Crippen LogP contribution in [-0.2, 0) is 25.7 Å². The fourth-order valence-corrected chi connectivity index (χ4v) is 2.37. The van der Waals surface area contributed by atoms with Crippen LogP contribution in [0.25, 0.3) is 0 Å². The number of nitrogens with one attached hydrogen (secondary N) is 2. The minimum atomic E-state index is -1.19. The van der Waals surface area contributed by atoms with E-state index in [1.807, 2.05) is 18.2 Å². The molecule has 0 radical (unpaired) electrons. The van der Waals surface area contributed by atoms with Crippen LogP contribution >= 0.6 is 0 Å². The molecule has 1 fully saturated rings. The second-order valence-corrected chi connectivity index (χ2v) is 5.61. The molecule has 0 aliphatic carbocycles. The summed E-state index contributed by atoms with van der Waals surface area (Å²) in [6.07, 6.45) is 2.05. The molecule has 0 spiro atoms. The number of esters is 1. The fraction of sp³-hybridized carbons (Fsp3) is 0.235. The number of hydrogen-bond acceptors (Lipinski definition) is 6. The van der Waals surface area contributed by atoms with Crippen molar-refractivity contribution in [1.29, 1.82) is 0 Å². The monoisotopic (exact) mass is 356 g/mol. The maximum absolute atomic E-state index is 12.1. The van der Waals surface area contributed by atoms with Gasteiger partial charge in [0.05, 0.1) is 6.54 Å². The molecular weight excluding hydrogens is 340 g/mol. The van der Waals surface area contributed by atoms with Crippen LogP contribution in [0.3, 0.4) is 0 Å². The highest BCUT2D eigenvalue weighted by Gasteiger charge is 2.30. The second-order valence-electron chi connectivity index (χ2n) is 5.61. The first-order valence-corrected chi connectivity index (χ1v) is 7.91. The Balaban J connectivity index is 1.56. The second kappa shape index (κ2) is 7.60. The van der Waals surface area contributed by atoms with E-state index in [9.17, 15) is 19.2 Å². The Morgan fingerprint density at radius 2 is 2.04 bits per heavy atom. The smallest absolute Gasteiger partial charge is 0.336 e.